The molecule has 0 aliphatic carbocycles. The maximum atomic E-state index is 11.6. The molecular weight excluding hydrogens is 194 g/mol. The third-order valence-corrected chi connectivity index (χ3v) is 2.40. The van der Waals surface area contributed by atoms with Gasteiger partial charge in [0.1, 0.15) is 0 Å². The lowest BCUT2D eigenvalue weighted by Crippen LogP contribution is -2.35. The number of nitrogens with one attached hydrogen (secondary N) is 2. The largest absolute Gasteiger partial charge is 0.504 e. The van der Waals surface area contributed by atoms with E-state index in [1.54, 1.807) is 6.07 Å². The van der Waals surface area contributed by atoms with Gasteiger partial charge in [-0.3, -0.25) is 4.79 Å². The predicted molar refractivity (Wildman–Crippen MR) is 55.6 cm³/mol. The highest BCUT2D eigenvalue weighted by atomic mass is 16.3. The van der Waals surface area contributed by atoms with Crippen molar-refractivity contribution in [3.05, 3.63) is 18.3 Å². The molecule has 2 rings (SSSR count). The topological polar surface area (TPSA) is 74.2 Å². The molecule has 1 unspecified atom stereocenters. The van der Waals surface area contributed by atoms with Crippen LogP contribution in [0.1, 0.15) is 12.8 Å². The Morgan fingerprint density at radius 1 is 1.67 bits per heavy atom. The third kappa shape index (κ3) is 2.24. The van der Waals surface area contributed by atoms with Crippen LogP contribution >= 0.6 is 0 Å². The number of aromatic nitrogens is 1. The summed E-state index contributed by atoms with van der Waals surface area (Å²) in [6.07, 6.45) is 3.36. The van der Waals surface area contributed by atoms with Crippen LogP contribution in [0.5, 0.6) is 5.75 Å². The normalized spacial score (nSPS) is 20.1. The van der Waals surface area contributed by atoms with Crippen molar-refractivity contribution >= 4 is 11.7 Å². The number of aromatic hydroxyl groups is 1. The van der Waals surface area contributed by atoms with Gasteiger partial charge in [0.25, 0.3) is 0 Å². The van der Waals surface area contributed by atoms with Gasteiger partial charge in [0.15, 0.2) is 11.6 Å². The number of nitrogens with zero attached hydrogens (tertiary/aromatic N) is 1. The summed E-state index contributed by atoms with van der Waals surface area (Å²) in [7, 11) is 0. The number of hydrogen-bond acceptors (Lipinski definition) is 4. The van der Waals surface area contributed by atoms with E-state index in [9.17, 15) is 9.90 Å². The zero-order chi connectivity index (χ0) is 10.7. The van der Waals surface area contributed by atoms with Crippen molar-refractivity contribution in [1.82, 2.24) is 10.3 Å². The van der Waals surface area contributed by atoms with Crippen LogP contribution in [0.4, 0.5) is 5.82 Å². The Morgan fingerprint density at radius 3 is 3.20 bits per heavy atom. The van der Waals surface area contributed by atoms with E-state index >= 15 is 0 Å². The Hall–Kier alpha value is -1.62. The molecule has 0 radical (unpaired) electrons. The van der Waals surface area contributed by atoms with Crippen molar-refractivity contribution in [2.75, 3.05) is 11.9 Å². The standard InChI is InChI=1S/C10H13N3O2/c14-8-4-2-6-12-9(8)13-10(15)7-3-1-5-11-7/h2,4,6-7,11,14H,1,3,5H2,(H,12,13,15). The van der Waals surface area contributed by atoms with Crippen LogP contribution in [0.2, 0.25) is 0 Å². The van der Waals surface area contributed by atoms with Crippen LogP contribution in [-0.2, 0) is 4.79 Å². The van der Waals surface area contributed by atoms with Gasteiger partial charge in [0, 0.05) is 6.20 Å². The first-order chi connectivity index (χ1) is 7.27. The van der Waals surface area contributed by atoms with Crippen molar-refractivity contribution in [2.24, 2.45) is 0 Å². The fourth-order valence-electron chi connectivity index (χ4n) is 1.61. The second-order valence-electron chi connectivity index (χ2n) is 3.51. The van der Waals surface area contributed by atoms with E-state index in [4.69, 9.17) is 0 Å². The first-order valence-electron chi connectivity index (χ1n) is 4.95. The minimum Gasteiger partial charge on any atom is -0.504 e. The van der Waals surface area contributed by atoms with Crippen molar-refractivity contribution in [1.29, 1.82) is 0 Å². The molecule has 1 aromatic rings. The second-order valence-corrected chi connectivity index (χ2v) is 3.51. The van der Waals surface area contributed by atoms with Gasteiger partial charge in [-0.05, 0) is 31.5 Å². The number of amides is 1. The van der Waals surface area contributed by atoms with Gasteiger partial charge >= 0.3 is 0 Å². The number of carbonyl (C=O) groups excluding carboxylic acids is 1. The zero-order valence-electron chi connectivity index (χ0n) is 8.23. The molecule has 1 saturated heterocycles. The van der Waals surface area contributed by atoms with E-state index in [0.717, 1.165) is 19.4 Å². The highest BCUT2D eigenvalue weighted by molar-refractivity contribution is 5.95. The van der Waals surface area contributed by atoms with Gasteiger partial charge in [-0.2, -0.15) is 0 Å². The second kappa shape index (κ2) is 4.27. The van der Waals surface area contributed by atoms with Crippen LogP contribution in [-0.4, -0.2) is 28.6 Å². The van der Waals surface area contributed by atoms with Crippen molar-refractivity contribution < 1.29 is 9.90 Å². The monoisotopic (exact) mass is 207 g/mol. The minimum atomic E-state index is -0.161. The summed E-state index contributed by atoms with van der Waals surface area (Å²) in [6, 6.07) is 2.94. The molecule has 1 atom stereocenters. The van der Waals surface area contributed by atoms with E-state index in [1.807, 2.05) is 0 Å². The van der Waals surface area contributed by atoms with E-state index < -0.39 is 0 Å². The van der Waals surface area contributed by atoms with E-state index in [2.05, 4.69) is 15.6 Å². The molecule has 5 heteroatoms. The molecule has 1 fully saturated rings. The van der Waals surface area contributed by atoms with Gasteiger partial charge in [0.2, 0.25) is 5.91 Å². The van der Waals surface area contributed by atoms with Gasteiger partial charge in [-0.15, -0.1) is 0 Å². The predicted octanol–water partition coefficient (Wildman–Crippen LogP) is 0.478. The average molecular weight is 207 g/mol. The summed E-state index contributed by atoms with van der Waals surface area (Å²) < 4.78 is 0. The molecule has 1 aliphatic rings. The maximum absolute atomic E-state index is 11.6. The molecule has 0 aromatic carbocycles. The summed E-state index contributed by atoms with van der Waals surface area (Å²) in [5, 5.41) is 15.1. The summed E-state index contributed by atoms with van der Waals surface area (Å²) in [5.74, 6) is 0.0709. The van der Waals surface area contributed by atoms with Crippen molar-refractivity contribution in [3.8, 4) is 5.75 Å². The number of pyridine rings is 1. The van der Waals surface area contributed by atoms with Crippen LogP contribution in [0.25, 0.3) is 0 Å². The smallest absolute Gasteiger partial charge is 0.242 e. The molecule has 1 aromatic heterocycles. The number of hydrogen-bond donors (Lipinski definition) is 3. The molecule has 5 nitrogen and oxygen atoms in total. The molecule has 0 saturated carbocycles. The van der Waals surface area contributed by atoms with Gasteiger partial charge in [-0.25, -0.2) is 4.98 Å². The fourth-order valence-corrected chi connectivity index (χ4v) is 1.61. The number of rotatable bonds is 2. The van der Waals surface area contributed by atoms with E-state index in [1.165, 1.54) is 12.3 Å². The van der Waals surface area contributed by atoms with Gasteiger partial charge in [0.05, 0.1) is 6.04 Å². The minimum absolute atomic E-state index is 0.0103. The van der Waals surface area contributed by atoms with Crippen molar-refractivity contribution in [3.63, 3.8) is 0 Å². The SMILES string of the molecule is O=C(Nc1ncccc1O)C1CCCN1. The Morgan fingerprint density at radius 2 is 2.53 bits per heavy atom. The van der Waals surface area contributed by atoms with Crippen molar-refractivity contribution in [2.45, 2.75) is 18.9 Å². The fraction of sp³-hybridized carbons (Fsp3) is 0.400. The first kappa shape index (κ1) is 9.92. The van der Waals surface area contributed by atoms with Crippen LogP contribution < -0.4 is 10.6 Å². The van der Waals surface area contributed by atoms with Crippen LogP contribution in [0.15, 0.2) is 18.3 Å². The van der Waals surface area contributed by atoms with Crippen LogP contribution in [0, 0.1) is 0 Å². The Labute approximate surface area is 87.5 Å². The summed E-state index contributed by atoms with van der Waals surface area (Å²) >= 11 is 0. The molecule has 80 valence electrons. The lowest BCUT2D eigenvalue weighted by Gasteiger charge is -2.10. The lowest BCUT2D eigenvalue weighted by molar-refractivity contribution is -0.117. The Balaban J connectivity index is 2.02. The summed E-state index contributed by atoms with van der Waals surface area (Å²) in [4.78, 5) is 15.5. The van der Waals surface area contributed by atoms with E-state index in [-0.39, 0.29) is 23.5 Å². The molecule has 0 bridgehead atoms. The molecule has 2 heterocycles. The molecular formula is C10H13N3O2. The quantitative estimate of drug-likeness (QED) is 0.659. The Bertz CT molecular complexity index is 361. The van der Waals surface area contributed by atoms with Gasteiger partial charge in [-0.1, -0.05) is 0 Å². The average Bonchev–Trinajstić information content (AvgIpc) is 2.74. The van der Waals surface area contributed by atoms with E-state index in [0.29, 0.717) is 0 Å². The molecule has 3 N–H and O–H groups in total. The van der Waals surface area contributed by atoms with Gasteiger partial charge < -0.3 is 15.7 Å². The Kier molecular flexibility index (Phi) is 2.82. The summed E-state index contributed by atoms with van der Waals surface area (Å²) in [6.45, 7) is 0.867. The molecule has 1 aliphatic heterocycles. The number of anilines is 1. The molecule has 15 heavy (non-hydrogen) atoms. The lowest BCUT2D eigenvalue weighted by atomic mass is 10.2. The molecule has 0 spiro atoms. The molecule has 1 amide bonds. The summed E-state index contributed by atoms with van der Waals surface area (Å²) in [5.41, 5.74) is 0. The highest BCUT2D eigenvalue weighted by Gasteiger charge is 2.22. The third-order valence-electron chi connectivity index (χ3n) is 2.40. The zero-order valence-corrected chi connectivity index (χ0v) is 8.23. The van der Waals surface area contributed by atoms with Crippen LogP contribution in [0.3, 0.4) is 0 Å². The highest BCUT2D eigenvalue weighted by Crippen LogP contribution is 2.19. The number of carbonyl (C=O) groups is 1. The first-order valence-corrected chi connectivity index (χ1v) is 4.95. The maximum Gasteiger partial charge on any atom is 0.242 e.